The van der Waals surface area contributed by atoms with Gasteiger partial charge in [-0.3, -0.25) is 14.5 Å². The molecule has 2 N–H and O–H groups in total. The number of halogens is 1. The topological polar surface area (TPSA) is 74.6 Å². The second-order valence-corrected chi connectivity index (χ2v) is 6.36. The zero-order valence-corrected chi connectivity index (χ0v) is 14.4. The number of hydrogen-bond acceptors (Lipinski definition) is 4. The minimum absolute atomic E-state index is 0.00969. The third kappa shape index (κ3) is 4.92. The zero-order valence-electron chi connectivity index (χ0n) is 14.4. The lowest BCUT2D eigenvalue weighted by Crippen LogP contribution is -2.47. The molecule has 0 saturated carbocycles. The van der Waals surface area contributed by atoms with Gasteiger partial charge in [-0.2, -0.15) is 0 Å². The van der Waals surface area contributed by atoms with Crippen molar-refractivity contribution < 1.29 is 18.4 Å². The summed E-state index contributed by atoms with van der Waals surface area (Å²) in [5.74, 6) is -0.253. The highest BCUT2D eigenvalue weighted by molar-refractivity contribution is 5.94. The van der Waals surface area contributed by atoms with Crippen LogP contribution in [0.2, 0.25) is 0 Å². The molecule has 26 heavy (non-hydrogen) atoms. The van der Waals surface area contributed by atoms with E-state index in [-0.39, 0.29) is 17.5 Å². The highest BCUT2D eigenvalue weighted by Gasteiger charge is 2.23. The minimum atomic E-state index is -0.518. The molecule has 1 aromatic carbocycles. The highest BCUT2D eigenvalue weighted by atomic mass is 19.1. The SMILES string of the molecule is O=C(CN1CCC(NC(=O)c2ccccc2F)CC1)NCc1ccco1. The van der Waals surface area contributed by atoms with Gasteiger partial charge in [0.05, 0.1) is 24.9 Å². The molecule has 2 aromatic rings. The van der Waals surface area contributed by atoms with Crippen molar-refractivity contribution in [3.63, 3.8) is 0 Å². The Kier molecular flexibility index (Phi) is 6.01. The number of carbonyl (C=O) groups excluding carboxylic acids is 2. The van der Waals surface area contributed by atoms with Crippen LogP contribution in [0.5, 0.6) is 0 Å². The Morgan fingerprint density at radius 2 is 1.92 bits per heavy atom. The van der Waals surface area contributed by atoms with Crippen molar-refractivity contribution in [1.29, 1.82) is 0 Å². The molecule has 0 radical (unpaired) electrons. The second kappa shape index (κ2) is 8.62. The average Bonchev–Trinajstić information content (AvgIpc) is 3.15. The summed E-state index contributed by atoms with van der Waals surface area (Å²) < 4.78 is 18.8. The zero-order chi connectivity index (χ0) is 18.4. The van der Waals surface area contributed by atoms with Gasteiger partial charge in [0.25, 0.3) is 5.91 Å². The Balaban J connectivity index is 1.39. The Labute approximate surface area is 151 Å². The van der Waals surface area contributed by atoms with Gasteiger partial charge in [-0.05, 0) is 37.1 Å². The predicted octanol–water partition coefficient (Wildman–Crippen LogP) is 1.93. The summed E-state index contributed by atoms with van der Waals surface area (Å²) in [6.07, 6.45) is 3.03. The first-order valence-electron chi connectivity index (χ1n) is 8.68. The molecule has 1 aromatic heterocycles. The van der Waals surface area contributed by atoms with Gasteiger partial charge < -0.3 is 15.1 Å². The number of furan rings is 1. The third-order valence-corrected chi connectivity index (χ3v) is 4.45. The van der Waals surface area contributed by atoms with Gasteiger partial charge in [0.1, 0.15) is 11.6 Å². The maximum atomic E-state index is 13.7. The summed E-state index contributed by atoms with van der Waals surface area (Å²) >= 11 is 0. The number of piperidine rings is 1. The van der Waals surface area contributed by atoms with Crippen molar-refractivity contribution in [2.45, 2.75) is 25.4 Å². The lowest BCUT2D eigenvalue weighted by atomic mass is 10.0. The molecule has 0 unspecified atom stereocenters. The van der Waals surface area contributed by atoms with Crippen molar-refractivity contribution in [2.75, 3.05) is 19.6 Å². The van der Waals surface area contributed by atoms with Crippen LogP contribution < -0.4 is 10.6 Å². The van der Waals surface area contributed by atoms with Gasteiger partial charge in [-0.15, -0.1) is 0 Å². The van der Waals surface area contributed by atoms with Crippen LogP contribution in [0, 0.1) is 5.82 Å². The molecular formula is C19H22FN3O3. The molecule has 3 rings (SSSR count). The molecule has 1 aliphatic rings. The van der Waals surface area contributed by atoms with Gasteiger partial charge in [-0.1, -0.05) is 12.1 Å². The van der Waals surface area contributed by atoms with Crippen LogP contribution >= 0.6 is 0 Å². The lowest BCUT2D eigenvalue weighted by molar-refractivity contribution is -0.122. The first-order valence-corrected chi connectivity index (χ1v) is 8.68. The minimum Gasteiger partial charge on any atom is -0.467 e. The number of benzene rings is 1. The molecule has 138 valence electrons. The molecule has 1 aliphatic heterocycles. The van der Waals surface area contributed by atoms with Crippen molar-refractivity contribution in [3.05, 3.63) is 59.8 Å². The number of likely N-dealkylation sites (tertiary alicyclic amines) is 1. The van der Waals surface area contributed by atoms with Crippen LogP contribution in [-0.4, -0.2) is 42.4 Å². The normalized spacial score (nSPS) is 15.6. The fraction of sp³-hybridized carbons (Fsp3) is 0.368. The lowest BCUT2D eigenvalue weighted by Gasteiger charge is -2.31. The molecule has 0 atom stereocenters. The van der Waals surface area contributed by atoms with Crippen molar-refractivity contribution in [2.24, 2.45) is 0 Å². The Hall–Kier alpha value is -2.67. The summed E-state index contributed by atoms with van der Waals surface area (Å²) in [5, 5.41) is 5.69. The number of hydrogen-bond donors (Lipinski definition) is 2. The molecule has 1 fully saturated rings. The Bertz CT molecular complexity index is 740. The third-order valence-electron chi connectivity index (χ3n) is 4.45. The molecule has 6 nitrogen and oxygen atoms in total. The van der Waals surface area contributed by atoms with E-state index in [0.717, 1.165) is 12.8 Å². The number of nitrogens with one attached hydrogen (secondary N) is 2. The molecule has 0 aliphatic carbocycles. The Morgan fingerprint density at radius 1 is 1.15 bits per heavy atom. The van der Waals surface area contributed by atoms with Crippen LogP contribution in [0.3, 0.4) is 0 Å². The number of rotatable bonds is 6. The van der Waals surface area contributed by atoms with Crippen molar-refractivity contribution >= 4 is 11.8 Å². The van der Waals surface area contributed by atoms with E-state index in [9.17, 15) is 14.0 Å². The van der Waals surface area contributed by atoms with Crippen molar-refractivity contribution in [3.8, 4) is 0 Å². The summed E-state index contributed by atoms with van der Waals surface area (Å²) in [6.45, 7) is 2.10. The monoisotopic (exact) mass is 359 g/mol. The predicted molar refractivity (Wildman–Crippen MR) is 93.9 cm³/mol. The van der Waals surface area contributed by atoms with E-state index in [1.807, 2.05) is 11.0 Å². The maximum absolute atomic E-state index is 13.7. The first-order chi connectivity index (χ1) is 12.6. The fourth-order valence-electron chi connectivity index (χ4n) is 3.00. The van der Waals surface area contributed by atoms with E-state index in [1.165, 1.54) is 12.1 Å². The number of nitrogens with zero attached hydrogens (tertiary/aromatic N) is 1. The molecular weight excluding hydrogens is 337 g/mol. The standard InChI is InChI=1S/C19H22FN3O3/c20-17-6-2-1-5-16(17)19(25)22-14-7-9-23(10-8-14)13-18(24)21-12-15-4-3-11-26-15/h1-6,11,14H,7-10,12-13H2,(H,21,24)(H,22,25). The average molecular weight is 359 g/mol. The van der Waals surface area contributed by atoms with E-state index in [2.05, 4.69) is 10.6 Å². The quantitative estimate of drug-likeness (QED) is 0.827. The molecule has 7 heteroatoms. The van der Waals surface area contributed by atoms with E-state index in [1.54, 1.807) is 24.5 Å². The van der Waals surface area contributed by atoms with E-state index >= 15 is 0 Å². The summed E-state index contributed by atoms with van der Waals surface area (Å²) in [7, 11) is 0. The molecule has 0 bridgehead atoms. The molecule has 1 saturated heterocycles. The highest BCUT2D eigenvalue weighted by Crippen LogP contribution is 2.12. The fourth-order valence-corrected chi connectivity index (χ4v) is 3.00. The number of amides is 2. The molecule has 0 spiro atoms. The van der Waals surface area contributed by atoms with Crippen LogP contribution in [0.4, 0.5) is 4.39 Å². The first kappa shape index (κ1) is 18.1. The summed E-state index contributed by atoms with van der Waals surface area (Å²) in [5.41, 5.74) is 0.0623. The van der Waals surface area contributed by atoms with Crippen LogP contribution in [0.15, 0.2) is 47.1 Å². The molecule has 2 amide bonds. The molecule has 2 heterocycles. The van der Waals surface area contributed by atoms with Gasteiger partial charge >= 0.3 is 0 Å². The van der Waals surface area contributed by atoms with E-state index in [4.69, 9.17) is 4.42 Å². The van der Waals surface area contributed by atoms with Crippen LogP contribution in [0.25, 0.3) is 0 Å². The summed E-state index contributed by atoms with van der Waals surface area (Å²) in [4.78, 5) is 26.2. The smallest absolute Gasteiger partial charge is 0.254 e. The van der Waals surface area contributed by atoms with Gasteiger partial charge in [0.2, 0.25) is 5.91 Å². The summed E-state index contributed by atoms with van der Waals surface area (Å²) in [6, 6.07) is 9.53. The largest absolute Gasteiger partial charge is 0.467 e. The second-order valence-electron chi connectivity index (χ2n) is 6.36. The van der Waals surface area contributed by atoms with E-state index in [0.29, 0.717) is 31.9 Å². The Morgan fingerprint density at radius 3 is 2.62 bits per heavy atom. The maximum Gasteiger partial charge on any atom is 0.254 e. The number of carbonyl (C=O) groups is 2. The van der Waals surface area contributed by atoms with Gasteiger partial charge in [-0.25, -0.2) is 4.39 Å². The van der Waals surface area contributed by atoms with Crippen LogP contribution in [0.1, 0.15) is 29.0 Å². The van der Waals surface area contributed by atoms with Crippen molar-refractivity contribution in [1.82, 2.24) is 15.5 Å². The van der Waals surface area contributed by atoms with Gasteiger partial charge in [0.15, 0.2) is 0 Å². The van der Waals surface area contributed by atoms with Gasteiger partial charge in [0, 0.05) is 19.1 Å². The van der Waals surface area contributed by atoms with Crippen LogP contribution in [-0.2, 0) is 11.3 Å². The van der Waals surface area contributed by atoms with E-state index < -0.39 is 11.7 Å².